The van der Waals surface area contributed by atoms with Crippen LogP contribution in [0.5, 0.6) is 0 Å². The van der Waals surface area contributed by atoms with Gasteiger partial charge in [-0.25, -0.2) is 0 Å². The maximum absolute atomic E-state index is 5.67. The van der Waals surface area contributed by atoms with E-state index >= 15 is 0 Å². The molecule has 3 nitrogen and oxygen atoms in total. The summed E-state index contributed by atoms with van der Waals surface area (Å²) < 4.78 is 5.67. The van der Waals surface area contributed by atoms with Crippen molar-refractivity contribution in [2.24, 2.45) is 11.8 Å². The third-order valence-electron chi connectivity index (χ3n) is 3.02. The Morgan fingerprint density at radius 3 is 2.32 bits per heavy atom. The minimum atomic E-state index is 0.686. The Morgan fingerprint density at radius 1 is 1.16 bits per heavy atom. The van der Waals surface area contributed by atoms with E-state index in [0.29, 0.717) is 11.8 Å². The van der Waals surface area contributed by atoms with E-state index in [9.17, 15) is 0 Å². The fourth-order valence-electron chi connectivity index (χ4n) is 2.36. The molecular formula is C16H30N2O. The van der Waals surface area contributed by atoms with Gasteiger partial charge in [-0.1, -0.05) is 34.6 Å². The summed E-state index contributed by atoms with van der Waals surface area (Å²) in [6.45, 7) is 16.3. The summed E-state index contributed by atoms with van der Waals surface area (Å²) in [6, 6.07) is 2.08. The fraction of sp³-hybridized carbons (Fsp3) is 0.750. The van der Waals surface area contributed by atoms with Crippen LogP contribution < -0.4 is 5.32 Å². The van der Waals surface area contributed by atoms with E-state index in [4.69, 9.17) is 4.42 Å². The standard InChI is InChI=1S/C16H30N2O/c1-6-17-9-15-7-8-19-16(15)12-18(10-13(2)3)11-14(4)5/h7-8,13-14,17H,6,9-12H2,1-5H3. The van der Waals surface area contributed by atoms with Gasteiger partial charge in [0, 0.05) is 25.2 Å². The van der Waals surface area contributed by atoms with Crippen molar-refractivity contribution in [3.05, 3.63) is 23.7 Å². The SMILES string of the molecule is CCNCc1ccoc1CN(CC(C)C)CC(C)C. The monoisotopic (exact) mass is 266 g/mol. The van der Waals surface area contributed by atoms with E-state index in [1.807, 2.05) is 6.26 Å². The van der Waals surface area contributed by atoms with E-state index in [1.165, 1.54) is 5.56 Å². The highest BCUT2D eigenvalue weighted by Gasteiger charge is 2.14. The summed E-state index contributed by atoms with van der Waals surface area (Å²) in [5.74, 6) is 2.49. The van der Waals surface area contributed by atoms with Crippen LogP contribution in [-0.4, -0.2) is 24.5 Å². The summed E-state index contributed by atoms with van der Waals surface area (Å²) in [5, 5.41) is 3.37. The van der Waals surface area contributed by atoms with Crippen molar-refractivity contribution in [1.29, 1.82) is 0 Å². The van der Waals surface area contributed by atoms with E-state index in [2.05, 4.69) is 50.9 Å². The van der Waals surface area contributed by atoms with Gasteiger partial charge < -0.3 is 9.73 Å². The molecule has 0 saturated heterocycles. The zero-order valence-electron chi connectivity index (χ0n) is 13.2. The first kappa shape index (κ1) is 16.3. The maximum atomic E-state index is 5.67. The highest BCUT2D eigenvalue weighted by Crippen LogP contribution is 2.15. The van der Waals surface area contributed by atoms with Crippen molar-refractivity contribution in [1.82, 2.24) is 10.2 Å². The third-order valence-corrected chi connectivity index (χ3v) is 3.02. The first-order valence-electron chi connectivity index (χ1n) is 7.51. The predicted molar refractivity (Wildman–Crippen MR) is 81.0 cm³/mol. The Hall–Kier alpha value is -0.800. The lowest BCUT2D eigenvalue weighted by Crippen LogP contribution is -2.31. The molecule has 110 valence electrons. The molecule has 0 radical (unpaired) electrons. The Balaban J connectivity index is 2.64. The minimum absolute atomic E-state index is 0.686. The minimum Gasteiger partial charge on any atom is -0.468 e. The molecule has 0 aromatic carbocycles. The quantitative estimate of drug-likeness (QED) is 0.741. The van der Waals surface area contributed by atoms with Gasteiger partial charge in [-0.15, -0.1) is 0 Å². The zero-order chi connectivity index (χ0) is 14.3. The largest absolute Gasteiger partial charge is 0.468 e. The molecule has 0 bridgehead atoms. The van der Waals surface area contributed by atoms with Crippen molar-refractivity contribution in [3.63, 3.8) is 0 Å². The van der Waals surface area contributed by atoms with Gasteiger partial charge in [0.25, 0.3) is 0 Å². The highest BCUT2D eigenvalue weighted by molar-refractivity contribution is 5.16. The average molecular weight is 266 g/mol. The molecule has 1 N–H and O–H groups in total. The van der Waals surface area contributed by atoms with Gasteiger partial charge in [0.15, 0.2) is 0 Å². The molecule has 0 unspecified atom stereocenters. The zero-order valence-corrected chi connectivity index (χ0v) is 13.2. The molecule has 1 aromatic rings. The van der Waals surface area contributed by atoms with Crippen LogP contribution in [0.2, 0.25) is 0 Å². The van der Waals surface area contributed by atoms with Crippen LogP contribution >= 0.6 is 0 Å². The Labute approximate surface area is 118 Å². The topological polar surface area (TPSA) is 28.4 Å². The van der Waals surface area contributed by atoms with Gasteiger partial charge in [0.1, 0.15) is 5.76 Å². The highest BCUT2D eigenvalue weighted by atomic mass is 16.3. The number of nitrogens with zero attached hydrogens (tertiary/aromatic N) is 1. The van der Waals surface area contributed by atoms with Gasteiger partial charge in [-0.3, -0.25) is 4.90 Å². The Bertz CT molecular complexity index is 334. The van der Waals surface area contributed by atoms with Crippen molar-refractivity contribution in [2.75, 3.05) is 19.6 Å². The summed E-state index contributed by atoms with van der Waals surface area (Å²) in [7, 11) is 0. The first-order chi connectivity index (χ1) is 9.02. The van der Waals surface area contributed by atoms with Crippen LogP contribution in [0.25, 0.3) is 0 Å². The lowest BCUT2D eigenvalue weighted by Gasteiger charge is -2.25. The van der Waals surface area contributed by atoms with Crippen molar-refractivity contribution < 1.29 is 4.42 Å². The number of rotatable bonds is 9. The lowest BCUT2D eigenvalue weighted by molar-refractivity contribution is 0.196. The van der Waals surface area contributed by atoms with Gasteiger partial charge in [0.2, 0.25) is 0 Å². The molecule has 0 aliphatic heterocycles. The maximum Gasteiger partial charge on any atom is 0.122 e. The second-order valence-electron chi connectivity index (χ2n) is 6.13. The second-order valence-corrected chi connectivity index (χ2v) is 6.13. The number of nitrogens with one attached hydrogen (secondary N) is 1. The molecule has 1 heterocycles. The summed E-state index contributed by atoms with van der Waals surface area (Å²) in [6.07, 6.45) is 1.81. The van der Waals surface area contributed by atoms with Crippen LogP contribution in [0.3, 0.4) is 0 Å². The summed E-state index contributed by atoms with van der Waals surface area (Å²) in [4.78, 5) is 2.50. The fourth-order valence-corrected chi connectivity index (χ4v) is 2.36. The van der Waals surface area contributed by atoms with Crippen LogP contribution in [0.15, 0.2) is 16.7 Å². The van der Waals surface area contributed by atoms with Crippen LogP contribution in [-0.2, 0) is 13.1 Å². The van der Waals surface area contributed by atoms with E-state index in [-0.39, 0.29) is 0 Å². The average Bonchev–Trinajstić information content (AvgIpc) is 2.72. The van der Waals surface area contributed by atoms with E-state index in [0.717, 1.165) is 38.5 Å². The molecule has 0 amide bonds. The molecule has 0 spiro atoms. The normalized spacial score (nSPS) is 12.0. The Morgan fingerprint density at radius 2 is 1.79 bits per heavy atom. The van der Waals surface area contributed by atoms with Crippen molar-refractivity contribution in [2.45, 2.75) is 47.7 Å². The first-order valence-corrected chi connectivity index (χ1v) is 7.51. The number of hydrogen-bond donors (Lipinski definition) is 1. The van der Waals surface area contributed by atoms with Gasteiger partial charge in [0.05, 0.1) is 12.8 Å². The summed E-state index contributed by atoms with van der Waals surface area (Å²) >= 11 is 0. The van der Waals surface area contributed by atoms with Crippen molar-refractivity contribution >= 4 is 0 Å². The lowest BCUT2D eigenvalue weighted by atomic mass is 10.1. The van der Waals surface area contributed by atoms with Gasteiger partial charge >= 0.3 is 0 Å². The predicted octanol–water partition coefficient (Wildman–Crippen LogP) is 3.50. The Kier molecular flexibility index (Phi) is 7.17. The van der Waals surface area contributed by atoms with Crippen LogP contribution in [0.1, 0.15) is 45.9 Å². The van der Waals surface area contributed by atoms with E-state index < -0.39 is 0 Å². The summed E-state index contributed by atoms with van der Waals surface area (Å²) in [5.41, 5.74) is 1.29. The molecule has 0 atom stereocenters. The molecular weight excluding hydrogens is 236 g/mol. The molecule has 3 heteroatoms. The molecule has 0 aliphatic carbocycles. The van der Waals surface area contributed by atoms with Crippen LogP contribution in [0.4, 0.5) is 0 Å². The smallest absolute Gasteiger partial charge is 0.122 e. The molecule has 1 rings (SSSR count). The van der Waals surface area contributed by atoms with E-state index in [1.54, 1.807) is 0 Å². The molecule has 19 heavy (non-hydrogen) atoms. The molecule has 0 aliphatic rings. The number of furan rings is 1. The van der Waals surface area contributed by atoms with Gasteiger partial charge in [-0.2, -0.15) is 0 Å². The van der Waals surface area contributed by atoms with Crippen molar-refractivity contribution in [3.8, 4) is 0 Å². The van der Waals surface area contributed by atoms with Gasteiger partial charge in [-0.05, 0) is 24.4 Å². The molecule has 0 saturated carbocycles. The third kappa shape index (κ3) is 6.26. The van der Waals surface area contributed by atoms with Crippen LogP contribution in [0, 0.1) is 11.8 Å². The number of hydrogen-bond acceptors (Lipinski definition) is 3. The molecule has 0 fully saturated rings. The molecule has 1 aromatic heterocycles. The second kappa shape index (κ2) is 8.39.